The van der Waals surface area contributed by atoms with Crippen LogP contribution in [-0.2, 0) is 4.74 Å². The summed E-state index contributed by atoms with van der Waals surface area (Å²) in [5.74, 6) is 0. The Morgan fingerprint density at radius 2 is 1.62 bits per heavy atom. The Balaban J connectivity index is 0.000000219. The molecule has 0 aliphatic carbocycles. The molecule has 0 aromatic heterocycles. The molecule has 0 saturated carbocycles. The summed E-state index contributed by atoms with van der Waals surface area (Å²) in [6.45, 7) is -0.526. The lowest BCUT2D eigenvalue weighted by Gasteiger charge is -2.37. The molecule has 2 rings (SSSR count). The topological polar surface area (TPSA) is 154 Å². The molecule has 1 fully saturated rings. The predicted octanol–water partition coefficient (Wildman–Crippen LogP) is -1.63. The molecular weight excluding hydrogens is 286 g/mol. The van der Waals surface area contributed by atoms with Crippen molar-refractivity contribution in [2.75, 3.05) is 6.61 Å². The zero-order valence-electron chi connectivity index (χ0n) is 10.9. The average Bonchev–Trinajstić information content (AvgIpc) is 2.50. The normalized spacial score (nSPS) is 32.0. The van der Waals surface area contributed by atoms with Gasteiger partial charge in [0.15, 0.2) is 6.29 Å². The number of aliphatic hydroxyl groups is 5. The number of non-ortho nitro benzene ring substituents is 1. The average molecular weight is 303 g/mol. The fraction of sp³-hybridized carbons (Fsp3) is 0.500. The Labute approximate surface area is 119 Å². The number of hydrogen-bond donors (Lipinski definition) is 5. The highest BCUT2D eigenvalue weighted by molar-refractivity contribution is 5.27. The van der Waals surface area contributed by atoms with Crippen LogP contribution in [0.3, 0.4) is 0 Å². The standard InChI is InChI=1S/C6H5NO2.C6H12O6/c8-7(9)6-4-2-1-3-5-6;7-1-2-3(8)4(9)5(10)6(11)12-2/h1-5H;2-11H,1H2/t;2-,3-,4+,5-,6+/m.1/s1. The molecule has 1 saturated heterocycles. The largest absolute Gasteiger partial charge is 0.394 e. The van der Waals surface area contributed by atoms with Crippen LogP contribution in [0.15, 0.2) is 30.3 Å². The number of para-hydroxylation sites is 1. The smallest absolute Gasteiger partial charge is 0.269 e. The van der Waals surface area contributed by atoms with Gasteiger partial charge in [0.25, 0.3) is 5.69 Å². The zero-order chi connectivity index (χ0) is 16.0. The van der Waals surface area contributed by atoms with Crippen molar-refractivity contribution in [1.29, 1.82) is 0 Å². The molecule has 0 spiro atoms. The van der Waals surface area contributed by atoms with Gasteiger partial charge in [-0.3, -0.25) is 10.1 Å². The van der Waals surface area contributed by atoms with Crippen molar-refractivity contribution in [2.45, 2.75) is 30.7 Å². The minimum atomic E-state index is -1.57. The predicted molar refractivity (Wildman–Crippen MR) is 69.1 cm³/mol. The Kier molecular flexibility index (Phi) is 6.62. The van der Waals surface area contributed by atoms with Crippen molar-refractivity contribution >= 4 is 5.69 Å². The van der Waals surface area contributed by atoms with E-state index in [-0.39, 0.29) is 5.69 Å². The number of hydrogen-bond acceptors (Lipinski definition) is 8. The van der Waals surface area contributed by atoms with E-state index in [0.29, 0.717) is 0 Å². The Bertz CT molecular complexity index is 437. The van der Waals surface area contributed by atoms with Crippen molar-refractivity contribution in [1.82, 2.24) is 0 Å². The van der Waals surface area contributed by atoms with Gasteiger partial charge in [-0.2, -0.15) is 0 Å². The maximum absolute atomic E-state index is 10.0. The first-order chi connectivity index (χ1) is 9.88. The molecular formula is C12H17NO8. The molecule has 0 amide bonds. The van der Waals surface area contributed by atoms with E-state index in [1.54, 1.807) is 18.2 Å². The molecule has 5 N–H and O–H groups in total. The number of nitro groups is 1. The maximum Gasteiger partial charge on any atom is 0.269 e. The van der Waals surface area contributed by atoms with Gasteiger partial charge in [-0.1, -0.05) is 18.2 Å². The van der Waals surface area contributed by atoms with E-state index in [2.05, 4.69) is 4.74 Å². The van der Waals surface area contributed by atoms with Crippen LogP contribution >= 0.6 is 0 Å². The van der Waals surface area contributed by atoms with E-state index in [4.69, 9.17) is 25.5 Å². The minimum Gasteiger partial charge on any atom is -0.394 e. The molecule has 1 aromatic rings. The van der Waals surface area contributed by atoms with Crippen molar-refractivity contribution in [3.05, 3.63) is 40.4 Å². The zero-order valence-corrected chi connectivity index (χ0v) is 10.9. The van der Waals surface area contributed by atoms with Crippen LogP contribution in [0.5, 0.6) is 0 Å². The van der Waals surface area contributed by atoms with Gasteiger partial charge in [0.2, 0.25) is 0 Å². The fourth-order valence-electron chi connectivity index (χ4n) is 1.63. The van der Waals surface area contributed by atoms with E-state index in [0.717, 1.165) is 0 Å². The van der Waals surface area contributed by atoms with Crippen LogP contribution in [0.2, 0.25) is 0 Å². The van der Waals surface area contributed by atoms with Crippen molar-refractivity contribution < 1.29 is 35.2 Å². The lowest BCUT2D eigenvalue weighted by Crippen LogP contribution is -2.58. The minimum absolute atomic E-state index is 0.137. The molecule has 5 atom stereocenters. The van der Waals surface area contributed by atoms with Crippen molar-refractivity contribution in [2.24, 2.45) is 0 Å². The van der Waals surface area contributed by atoms with Crippen LogP contribution in [0.25, 0.3) is 0 Å². The summed E-state index contributed by atoms with van der Waals surface area (Å²) in [5, 5.41) is 54.7. The summed E-state index contributed by atoms with van der Waals surface area (Å²) in [5.41, 5.74) is 0.137. The molecule has 1 aromatic carbocycles. The van der Waals surface area contributed by atoms with Gasteiger partial charge in [-0.15, -0.1) is 0 Å². The molecule has 1 aliphatic rings. The van der Waals surface area contributed by atoms with Crippen LogP contribution in [0, 0.1) is 10.1 Å². The summed E-state index contributed by atoms with van der Waals surface area (Å²) in [4.78, 5) is 9.59. The van der Waals surface area contributed by atoms with E-state index in [9.17, 15) is 10.1 Å². The molecule has 0 unspecified atom stereocenters. The van der Waals surface area contributed by atoms with Gasteiger partial charge in [0.1, 0.15) is 24.4 Å². The third kappa shape index (κ3) is 4.70. The van der Waals surface area contributed by atoms with Crippen molar-refractivity contribution in [3.63, 3.8) is 0 Å². The fourth-order valence-corrected chi connectivity index (χ4v) is 1.63. The summed E-state index contributed by atoms with van der Waals surface area (Å²) in [6, 6.07) is 7.93. The number of rotatable bonds is 2. The lowest BCUT2D eigenvalue weighted by atomic mass is 10.00. The molecule has 0 radical (unpaired) electrons. The highest BCUT2D eigenvalue weighted by atomic mass is 16.6. The number of ether oxygens (including phenoxy) is 1. The number of aliphatic hydroxyl groups excluding tert-OH is 5. The van der Waals surface area contributed by atoms with Crippen LogP contribution in [0.1, 0.15) is 0 Å². The molecule has 9 nitrogen and oxygen atoms in total. The van der Waals surface area contributed by atoms with Crippen LogP contribution < -0.4 is 0 Å². The lowest BCUT2D eigenvalue weighted by molar-refractivity contribution is -0.384. The Morgan fingerprint density at radius 1 is 1.05 bits per heavy atom. The third-order valence-corrected chi connectivity index (χ3v) is 2.83. The monoisotopic (exact) mass is 303 g/mol. The second-order valence-electron chi connectivity index (χ2n) is 4.31. The van der Waals surface area contributed by atoms with Gasteiger partial charge in [-0.05, 0) is 0 Å². The van der Waals surface area contributed by atoms with E-state index < -0.39 is 42.2 Å². The van der Waals surface area contributed by atoms with E-state index in [1.807, 2.05) is 0 Å². The molecule has 1 aliphatic heterocycles. The SMILES string of the molecule is O=[N+]([O-])c1ccccc1.OC[C@H]1O[C@H](O)[C@H](O)[C@@H](O)[C@@H]1O. The molecule has 118 valence electrons. The van der Waals surface area contributed by atoms with Crippen LogP contribution in [0.4, 0.5) is 5.69 Å². The first-order valence-electron chi connectivity index (χ1n) is 6.06. The van der Waals surface area contributed by atoms with Gasteiger partial charge in [-0.25, -0.2) is 0 Å². The van der Waals surface area contributed by atoms with E-state index >= 15 is 0 Å². The molecule has 1 heterocycles. The summed E-state index contributed by atoms with van der Waals surface area (Å²) in [6.07, 6.45) is -7.04. The Morgan fingerprint density at radius 3 is 2.05 bits per heavy atom. The number of nitrogens with zero attached hydrogens (tertiary/aromatic N) is 1. The first kappa shape index (κ1) is 17.4. The Hall–Kier alpha value is -1.62. The number of nitro benzene ring substituents is 1. The summed E-state index contributed by atoms with van der Waals surface area (Å²) in [7, 11) is 0. The number of benzene rings is 1. The van der Waals surface area contributed by atoms with Gasteiger partial charge in [0.05, 0.1) is 11.5 Å². The molecule has 0 bridgehead atoms. The van der Waals surface area contributed by atoms with Gasteiger partial charge < -0.3 is 30.3 Å². The second-order valence-corrected chi connectivity index (χ2v) is 4.31. The first-order valence-corrected chi connectivity index (χ1v) is 6.06. The summed E-state index contributed by atoms with van der Waals surface area (Å²) >= 11 is 0. The molecule has 21 heavy (non-hydrogen) atoms. The molecule has 9 heteroatoms. The van der Waals surface area contributed by atoms with E-state index in [1.165, 1.54) is 12.1 Å². The summed E-state index contributed by atoms with van der Waals surface area (Å²) < 4.78 is 4.58. The van der Waals surface area contributed by atoms with Gasteiger partial charge in [0, 0.05) is 12.1 Å². The van der Waals surface area contributed by atoms with Crippen LogP contribution in [-0.4, -0.2) is 67.8 Å². The highest BCUT2D eigenvalue weighted by Crippen LogP contribution is 2.19. The van der Waals surface area contributed by atoms with Crippen molar-refractivity contribution in [3.8, 4) is 0 Å². The second kappa shape index (κ2) is 7.98. The highest BCUT2D eigenvalue weighted by Gasteiger charge is 2.42. The quantitative estimate of drug-likeness (QED) is 0.322. The van der Waals surface area contributed by atoms with Gasteiger partial charge >= 0.3 is 0 Å². The maximum atomic E-state index is 10.0. The third-order valence-electron chi connectivity index (χ3n) is 2.83.